The molecule has 1 atom stereocenters. The lowest BCUT2D eigenvalue weighted by molar-refractivity contribution is -0.118. The van der Waals surface area contributed by atoms with Crippen molar-refractivity contribution in [1.82, 2.24) is 15.2 Å². The zero-order valence-electron chi connectivity index (χ0n) is 16.1. The smallest absolute Gasteiger partial charge is 0.247 e. The number of aryl methyl sites for hydroxylation is 2. The lowest BCUT2D eigenvalue weighted by Crippen LogP contribution is -2.36. The second-order valence-corrected chi connectivity index (χ2v) is 7.52. The Morgan fingerprint density at radius 1 is 1.07 bits per heavy atom. The first-order valence-corrected chi connectivity index (χ1v) is 10.1. The van der Waals surface area contributed by atoms with Crippen LogP contribution in [0.4, 0.5) is 5.69 Å². The van der Waals surface area contributed by atoms with Gasteiger partial charge in [-0.3, -0.25) is 9.69 Å². The van der Waals surface area contributed by atoms with Crippen LogP contribution in [0.2, 0.25) is 0 Å². The molecule has 4 rings (SSSR count). The number of thioether (sulfide) groups is 1. The van der Waals surface area contributed by atoms with E-state index in [1.807, 2.05) is 62.6 Å². The topological polar surface area (TPSA) is 68.2 Å². The summed E-state index contributed by atoms with van der Waals surface area (Å²) in [6.07, 6.45) is 1.24. The van der Waals surface area contributed by atoms with Gasteiger partial charge in [0, 0.05) is 18.1 Å². The summed E-state index contributed by atoms with van der Waals surface area (Å²) in [5, 5.41) is 9.07. The Morgan fingerprint density at radius 2 is 1.79 bits per heavy atom. The van der Waals surface area contributed by atoms with Crippen LogP contribution >= 0.6 is 11.8 Å². The number of carbonyl (C=O) groups excluding carboxylic acids is 1. The summed E-state index contributed by atoms with van der Waals surface area (Å²) in [5.41, 5.74) is 5.11. The average Bonchev–Trinajstić information content (AvgIpc) is 2.82. The van der Waals surface area contributed by atoms with E-state index in [0.717, 1.165) is 27.9 Å². The summed E-state index contributed by atoms with van der Waals surface area (Å²) >= 11 is 1.39. The number of benzene rings is 2. The second kappa shape index (κ2) is 7.24. The van der Waals surface area contributed by atoms with Gasteiger partial charge in [-0.15, -0.1) is 10.2 Å². The van der Waals surface area contributed by atoms with Crippen molar-refractivity contribution in [1.29, 1.82) is 0 Å². The highest BCUT2D eigenvalue weighted by Gasteiger charge is 2.34. The molecule has 2 aromatic carbocycles. The van der Waals surface area contributed by atoms with E-state index in [1.165, 1.54) is 18.7 Å². The van der Waals surface area contributed by atoms with Crippen molar-refractivity contribution in [3.63, 3.8) is 0 Å². The van der Waals surface area contributed by atoms with Crippen LogP contribution in [0.15, 0.2) is 47.6 Å². The number of ether oxygens (including phenoxy) is 1. The minimum Gasteiger partial charge on any atom is -0.447 e. The lowest BCUT2D eigenvalue weighted by Gasteiger charge is -2.30. The van der Waals surface area contributed by atoms with Gasteiger partial charge in [0.25, 0.3) is 0 Å². The molecule has 7 heteroatoms. The molecule has 2 heterocycles. The van der Waals surface area contributed by atoms with Crippen LogP contribution < -0.4 is 9.64 Å². The molecule has 142 valence electrons. The van der Waals surface area contributed by atoms with Crippen LogP contribution in [0, 0.1) is 13.8 Å². The van der Waals surface area contributed by atoms with Crippen molar-refractivity contribution < 1.29 is 9.53 Å². The minimum absolute atomic E-state index is 0.124. The van der Waals surface area contributed by atoms with E-state index in [0.29, 0.717) is 16.7 Å². The van der Waals surface area contributed by atoms with E-state index in [-0.39, 0.29) is 5.91 Å². The molecule has 1 aromatic heterocycles. The summed E-state index contributed by atoms with van der Waals surface area (Å²) in [7, 11) is 0. The molecule has 1 amide bonds. The Labute approximate surface area is 168 Å². The third kappa shape index (κ3) is 3.22. The fourth-order valence-corrected chi connectivity index (χ4v) is 3.55. The van der Waals surface area contributed by atoms with Crippen LogP contribution in [-0.4, -0.2) is 27.3 Å². The first-order chi connectivity index (χ1) is 13.5. The molecule has 0 unspecified atom stereocenters. The molecule has 3 aromatic rings. The molecule has 1 aliphatic rings. The first-order valence-electron chi connectivity index (χ1n) is 8.90. The standard InChI is InChI=1S/C21H20N4O2S/c1-12-5-8-15(9-6-12)20-25(14(3)26)17-10-7-13(2)11-16(17)18-19(27-20)22-21(28-4)24-23-18/h5-11,20H,1-4H3/t20-/m0/s1. The Morgan fingerprint density at radius 3 is 2.46 bits per heavy atom. The van der Waals surface area contributed by atoms with Gasteiger partial charge in [-0.1, -0.05) is 53.2 Å². The van der Waals surface area contributed by atoms with Gasteiger partial charge in [-0.2, -0.15) is 4.98 Å². The average molecular weight is 392 g/mol. The van der Waals surface area contributed by atoms with Crippen molar-refractivity contribution in [2.45, 2.75) is 32.2 Å². The quantitative estimate of drug-likeness (QED) is 0.605. The molecular weight excluding hydrogens is 372 g/mol. The van der Waals surface area contributed by atoms with Gasteiger partial charge < -0.3 is 4.74 Å². The normalized spacial score (nSPS) is 15.3. The number of hydrogen-bond donors (Lipinski definition) is 0. The largest absolute Gasteiger partial charge is 0.447 e. The zero-order chi connectivity index (χ0) is 19.8. The number of aromatic nitrogens is 3. The number of nitrogens with zero attached hydrogens (tertiary/aromatic N) is 4. The van der Waals surface area contributed by atoms with Crippen molar-refractivity contribution in [3.8, 4) is 17.1 Å². The minimum atomic E-state index is -0.646. The van der Waals surface area contributed by atoms with Gasteiger partial charge in [0.05, 0.1) is 5.69 Å². The molecule has 0 aliphatic carbocycles. The maximum absolute atomic E-state index is 12.7. The van der Waals surface area contributed by atoms with Crippen LogP contribution in [0.1, 0.15) is 29.8 Å². The Balaban J connectivity index is 1.98. The van der Waals surface area contributed by atoms with E-state index in [2.05, 4.69) is 15.2 Å². The number of fused-ring (bicyclic) bond motifs is 3. The second-order valence-electron chi connectivity index (χ2n) is 6.74. The fraction of sp³-hybridized carbons (Fsp3) is 0.238. The van der Waals surface area contributed by atoms with Gasteiger partial charge in [0.1, 0.15) is 0 Å². The monoisotopic (exact) mass is 392 g/mol. The number of anilines is 1. The van der Waals surface area contributed by atoms with Crippen molar-refractivity contribution in [3.05, 3.63) is 59.2 Å². The van der Waals surface area contributed by atoms with E-state index in [9.17, 15) is 4.79 Å². The van der Waals surface area contributed by atoms with Crippen molar-refractivity contribution in [2.75, 3.05) is 11.2 Å². The first kappa shape index (κ1) is 18.4. The summed E-state index contributed by atoms with van der Waals surface area (Å²) in [5.74, 6) is 0.252. The molecule has 0 saturated heterocycles. The molecule has 6 nitrogen and oxygen atoms in total. The fourth-order valence-electron chi connectivity index (χ4n) is 3.25. The van der Waals surface area contributed by atoms with E-state index >= 15 is 0 Å². The highest BCUT2D eigenvalue weighted by Crippen LogP contribution is 2.43. The molecule has 1 aliphatic heterocycles. The number of amides is 1. The summed E-state index contributed by atoms with van der Waals surface area (Å²) < 4.78 is 6.30. The van der Waals surface area contributed by atoms with Crippen LogP contribution in [0.5, 0.6) is 5.88 Å². The predicted octanol–water partition coefficient (Wildman–Crippen LogP) is 4.32. The third-order valence-corrected chi connectivity index (χ3v) is 5.18. The SMILES string of the molecule is CSc1nnc2c(n1)O[C@@H](c1ccc(C)cc1)N(C(C)=O)c1ccc(C)cc1-2. The van der Waals surface area contributed by atoms with E-state index in [4.69, 9.17) is 4.74 Å². The summed E-state index contributed by atoms with van der Waals surface area (Å²) in [6.45, 7) is 5.56. The maximum Gasteiger partial charge on any atom is 0.247 e. The molecule has 0 N–H and O–H groups in total. The van der Waals surface area contributed by atoms with Gasteiger partial charge in [-0.05, 0) is 32.2 Å². The molecule has 0 saturated carbocycles. The van der Waals surface area contributed by atoms with Crippen molar-refractivity contribution >= 4 is 23.4 Å². The lowest BCUT2D eigenvalue weighted by atomic mass is 10.0. The van der Waals surface area contributed by atoms with Crippen LogP contribution in [-0.2, 0) is 4.79 Å². The molecule has 0 bridgehead atoms. The Hall–Kier alpha value is -2.93. The van der Waals surface area contributed by atoms with Gasteiger partial charge in [0.15, 0.2) is 5.69 Å². The van der Waals surface area contributed by atoms with E-state index in [1.54, 1.807) is 4.90 Å². The molecular formula is C21H20N4O2S. The highest BCUT2D eigenvalue weighted by atomic mass is 32.2. The molecule has 28 heavy (non-hydrogen) atoms. The van der Waals surface area contributed by atoms with Gasteiger partial charge in [-0.25, -0.2) is 0 Å². The maximum atomic E-state index is 12.7. The third-order valence-electron chi connectivity index (χ3n) is 4.64. The van der Waals surface area contributed by atoms with Crippen LogP contribution in [0.25, 0.3) is 11.3 Å². The van der Waals surface area contributed by atoms with Gasteiger partial charge in [0.2, 0.25) is 23.2 Å². The Bertz CT molecular complexity index is 1050. The molecule has 0 fully saturated rings. The number of carbonyl (C=O) groups is 1. The zero-order valence-corrected chi connectivity index (χ0v) is 16.9. The highest BCUT2D eigenvalue weighted by molar-refractivity contribution is 7.98. The van der Waals surface area contributed by atoms with Crippen LogP contribution in [0.3, 0.4) is 0 Å². The van der Waals surface area contributed by atoms with E-state index < -0.39 is 6.23 Å². The predicted molar refractivity (Wildman–Crippen MR) is 109 cm³/mol. The number of hydrogen-bond acceptors (Lipinski definition) is 6. The summed E-state index contributed by atoms with van der Waals surface area (Å²) in [6, 6.07) is 13.8. The molecule has 0 spiro atoms. The molecule has 0 radical (unpaired) electrons. The Kier molecular flexibility index (Phi) is 4.77. The van der Waals surface area contributed by atoms with Crippen molar-refractivity contribution in [2.24, 2.45) is 0 Å². The summed E-state index contributed by atoms with van der Waals surface area (Å²) in [4.78, 5) is 18.9. The number of rotatable bonds is 2. The van der Waals surface area contributed by atoms with Gasteiger partial charge >= 0.3 is 0 Å².